The smallest absolute Gasteiger partial charge is 0.272 e. The van der Waals surface area contributed by atoms with Crippen LogP contribution in [0.1, 0.15) is 33.4 Å². The van der Waals surface area contributed by atoms with E-state index < -0.39 is 0 Å². The van der Waals surface area contributed by atoms with E-state index in [2.05, 4.69) is 39.0 Å². The Bertz CT molecular complexity index is 1340. The lowest BCUT2D eigenvalue weighted by Gasteiger charge is -2.05. The summed E-state index contributed by atoms with van der Waals surface area (Å²) in [6.45, 7) is 11.6. The number of hydrogen-bond donors (Lipinski definition) is 0. The molecule has 7 nitrogen and oxygen atoms in total. The molecule has 0 amide bonds. The van der Waals surface area contributed by atoms with Crippen molar-refractivity contribution >= 4 is 52.5 Å². The van der Waals surface area contributed by atoms with Crippen molar-refractivity contribution in [1.29, 1.82) is 0 Å². The highest BCUT2D eigenvalue weighted by Gasteiger charge is 2.19. The molecule has 3 heterocycles. The minimum Gasteiger partial charge on any atom is -0.272 e. The van der Waals surface area contributed by atoms with Crippen molar-refractivity contribution in [3.8, 4) is 27.5 Å². The molecule has 35 heavy (non-hydrogen) atoms. The van der Waals surface area contributed by atoms with E-state index >= 15 is 0 Å². The molecule has 4 rings (SSSR count). The van der Waals surface area contributed by atoms with Crippen molar-refractivity contribution < 1.29 is 9.59 Å². The standard InChI is InChI=1S/C23H25Cl2N5S2.CO2/c1-13(2)10-29-11-17(9-26-29)18-12-30(28-15(18)5)23-27-21(22(32-23)31-14(3)4)16-6-7-19(24)20(25)8-16;2-1-3/h6-9,11-14H,10H2,1-5H3;. The summed E-state index contributed by atoms with van der Waals surface area (Å²) in [7, 11) is 0. The van der Waals surface area contributed by atoms with Gasteiger partial charge in [0.15, 0.2) is 0 Å². The lowest BCUT2D eigenvalue weighted by molar-refractivity contribution is -0.191. The molecule has 0 aliphatic rings. The van der Waals surface area contributed by atoms with Crippen molar-refractivity contribution in [3.63, 3.8) is 0 Å². The summed E-state index contributed by atoms with van der Waals surface area (Å²) >= 11 is 15.8. The lowest BCUT2D eigenvalue weighted by Crippen LogP contribution is -2.03. The first-order valence-electron chi connectivity index (χ1n) is 10.8. The van der Waals surface area contributed by atoms with E-state index in [1.165, 1.54) is 0 Å². The van der Waals surface area contributed by atoms with E-state index in [1.807, 2.05) is 46.9 Å². The third-order valence-corrected chi connectivity index (χ3v) is 7.71. The predicted molar refractivity (Wildman–Crippen MR) is 141 cm³/mol. The molecular weight excluding hydrogens is 525 g/mol. The number of thiazole rings is 1. The maximum Gasteiger partial charge on any atom is 0.373 e. The average molecular weight is 551 g/mol. The van der Waals surface area contributed by atoms with E-state index in [9.17, 15) is 0 Å². The summed E-state index contributed by atoms with van der Waals surface area (Å²) in [6, 6.07) is 5.64. The zero-order chi connectivity index (χ0) is 25.7. The van der Waals surface area contributed by atoms with Crippen LogP contribution in [-0.4, -0.2) is 35.9 Å². The van der Waals surface area contributed by atoms with Gasteiger partial charge in [-0.2, -0.15) is 19.8 Å². The van der Waals surface area contributed by atoms with E-state index in [4.69, 9.17) is 42.9 Å². The molecule has 0 saturated heterocycles. The normalized spacial score (nSPS) is 11.0. The van der Waals surface area contributed by atoms with Gasteiger partial charge in [0.05, 0.1) is 31.8 Å². The zero-order valence-electron chi connectivity index (χ0n) is 20.0. The number of aromatic nitrogens is 5. The van der Waals surface area contributed by atoms with Gasteiger partial charge in [0.2, 0.25) is 5.13 Å². The number of hydrogen-bond acceptors (Lipinski definition) is 7. The van der Waals surface area contributed by atoms with Crippen LogP contribution in [0.3, 0.4) is 0 Å². The Morgan fingerprint density at radius 3 is 2.43 bits per heavy atom. The highest BCUT2D eigenvalue weighted by molar-refractivity contribution is 8.01. The van der Waals surface area contributed by atoms with E-state index in [1.54, 1.807) is 23.1 Å². The summed E-state index contributed by atoms with van der Waals surface area (Å²) in [5.41, 5.74) is 4.92. The Kier molecular flexibility index (Phi) is 9.33. The number of carbonyl (C=O) groups excluding carboxylic acids is 2. The molecule has 0 radical (unpaired) electrons. The quantitative estimate of drug-likeness (QED) is 0.230. The van der Waals surface area contributed by atoms with Gasteiger partial charge in [-0.25, -0.2) is 9.67 Å². The molecule has 11 heteroatoms. The van der Waals surface area contributed by atoms with Crippen LogP contribution in [0.25, 0.3) is 27.5 Å². The Morgan fingerprint density at radius 1 is 1.09 bits per heavy atom. The molecule has 0 saturated carbocycles. The van der Waals surface area contributed by atoms with Crippen LogP contribution >= 0.6 is 46.3 Å². The lowest BCUT2D eigenvalue weighted by atomic mass is 10.1. The van der Waals surface area contributed by atoms with Crippen molar-refractivity contribution in [1.82, 2.24) is 24.5 Å². The van der Waals surface area contributed by atoms with E-state index in [0.29, 0.717) is 21.2 Å². The molecular formula is C24H25Cl2N5O2S2. The zero-order valence-corrected chi connectivity index (χ0v) is 23.1. The van der Waals surface area contributed by atoms with Crippen molar-refractivity contribution in [3.05, 3.63) is 52.5 Å². The predicted octanol–water partition coefficient (Wildman–Crippen LogP) is 7.05. The van der Waals surface area contributed by atoms with Crippen LogP contribution in [0.5, 0.6) is 0 Å². The van der Waals surface area contributed by atoms with Gasteiger partial charge in [-0.15, -0.1) is 11.8 Å². The van der Waals surface area contributed by atoms with Gasteiger partial charge < -0.3 is 0 Å². The summed E-state index contributed by atoms with van der Waals surface area (Å²) in [5, 5.41) is 11.6. The minimum absolute atomic E-state index is 0.250. The Labute approximate surface area is 222 Å². The van der Waals surface area contributed by atoms with Crippen LogP contribution in [0.15, 0.2) is 41.0 Å². The van der Waals surface area contributed by atoms with Crippen LogP contribution in [0, 0.1) is 12.8 Å². The first kappa shape index (κ1) is 27.2. The Hall–Kier alpha value is -2.42. The SMILES string of the molecule is Cc1nn(-c2nc(-c3ccc(Cl)c(Cl)c3)c(SC(C)C)s2)cc1-c1cnn(CC(C)C)c1.O=C=O. The average Bonchev–Trinajstić information content (AvgIpc) is 3.48. The monoisotopic (exact) mass is 549 g/mol. The maximum absolute atomic E-state index is 8.12. The molecule has 0 aliphatic heterocycles. The van der Waals surface area contributed by atoms with Gasteiger partial charge in [-0.05, 0) is 25.0 Å². The fourth-order valence-electron chi connectivity index (χ4n) is 3.33. The maximum atomic E-state index is 8.12. The second-order valence-electron chi connectivity index (χ2n) is 8.43. The van der Waals surface area contributed by atoms with E-state index in [0.717, 1.165) is 44.0 Å². The molecule has 0 N–H and O–H groups in total. The molecule has 4 aromatic rings. The fourth-order valence-corrected chi connectivity index (χ4v) is 6.08. The molecule has 0 unspecified atom stereocenters. The van der Waals surface area contributed by atoms with Gasteiger partial charge in [0.1, 0.15) is 0 Å². The Balaban J connectivity index is 0.00000108. The van der Waals surface area contributed by atoms with Crippen LogP contribution in [0.2, 0.25) is 10.0 Å². The molecule has 0 atom stereocenters. The molecule has 1 aromatic carbocycles. The third-order valence-electron chi connectivity index (χ3n) is 4.71. The van der Waals surface area contributed by atoms with Crippen molar-refractivity contribution in [2.75, 3.05) is 0 Å². The summed E-state index contributed by atoms with van der Waals surface area (Å²) in [5.74, 6) is 0.540. The fraction of sp³-hybridized carbons (Fsp3) is 0.333. The summed E-state index contributed by atoms with van der Waals surface area (Å²) in [6.07, 6.45) is 6.27. The van der Waals surface area contributed by atoms with Crippen LogP contribution < -0.4 is 0 Å². The minimum atomic E-state index is 0.250. The topological polar surface area (TPSA) is 82.7 Å². The molecule has 0 bridgehead atoms. The molecule has 184 valence electrons. The molecule has 0 fully saturated rings. The highest BCUT2D eigenvalue weighted by Crippen LogP contribution is 2.41. The molecule has 0 aliphatic carbocycles. The second-order valence-corrected chi connectivity index (χ2v) is 12.1. The van der Waals surface area contributed by atoms with Crippen LogP contribution in [0.4, 0.5) is 0 Å². The summed E-state index contributed by atoms with van der Waals surface area (Å²) in [4.78, 5) is 21.2. The highest BCUT2D eigenvalue weighted by atomic mass is 35.5. The number of halogens is 2. The largest absolute Gasteiger partial charge is 0.373 e. The van der Waals surface area contributed by atoms with Gasteiger partial charge in [0, 0.05) is 40.9 Å². The van der Waals surface area contributed by atoms with Crippen molar-refractivity contribution in [2.24, 2.45) is 5.92 Å². The first-order chi connectivity index (χ1) is 16.6. The molecule has 0 spiro atoms. The number of nitrogens with zero attached hydrogens (tertiary/aromatic N) is 5. The number of rotatable bonds is 7. The number of thioether (sulfide) groups is 1. The van der Waals surface area contributed by atoms with Crippen LogP contribution in [-0.2, 0) is 16.1 Å². The van der Waals surface area contributed by atoms with Gasteiger partial charge in [-0.1, -0.05) is 68.3 Å². The van der Waals surface area contributed by atoms with Gasteiger partial charge in [-0.3, -0.25) is 4.68 Å². The first-order valence-corrected chi connectivity index (χ1v) is 13.3. The van der Waals surface area contributed by atoms with Gasteiger partial charge in [0.25, 0.3) is 0 Å². The van der Waals surface area contributed by atoms with Crippen molar-refractivity contribution in [2.45, 2.75) is 50.6 Å². The summed E-state index contributed by atoms with van der Waals surface area (Å²) < 4.78 is 4.98. The second kappa shape index (κ2) is 12.0. The van der Waals surface area contributed by atoms with Gasteiger partial charge >= 0.3 is 6.15 Å². The Morgan fingerprint density at radius 2 is 1.80 bits per heavy atom. The third kappa shape index (κ3) is 6.84. The number of benzene rings is 1. The molecule has 3 aromatic heterocycles. The van der Waals surface area contributed by atoms with E-state index in [-0.39, 0.29) is 6.15 Å². The number of aryl methyl sites for hydroxylation is 1.